The van der Waals surface area contributed by atoms with E-state index in [1.165, 1.54) is 16.0 Å². The average molecular weight is 469 g/mol. The topological polar surface area (TPSA) is 76.9 Å². The lowest BCUT2D eigenvalue weighted by molar-refractivity contribution is -0.117. The molecule has 146 valence electrons. The molecule has 2 aromatic heterocycles. The summed E-state index contributed by atoms with van der Waals surface area (Å²) in [5.74, 6) is -0.330. The van der Waals surface area contributed by atoms with Gasteiger partial charge in [0.2, 0.25) is 5.91 Å². The Hall–Kier alpha value is -2.84. The molecule has 8 heteroatoms. The third-order valence-electron chi connectivity index (χ3n) is 4.35. The summed E-state index contributed by atoms with van der Waals surface area (Å²) in [5.41, 5.74) is 3.29. The Kier molecular flexibility index (Phi) is 5.29. The third kappa shape index (κ3) is 4.13. The van der Waals surface area contributed by atoms with Gasteiger partial charge in [-0.2, -0.15) is 5.10 Å². The van der Waals surface area contributed by atoms with Gasteiger partial charge in [-0.05, 0) is 38.1 Å². The van der Waals surface area contributed by atoms with E-state index in [-0.39, 0.29) is 18.0 Å². The van der Waals surface area contributed by atoms with Crippen molar-refractivity contribution in [2.45, 2.75) is 20.4 Å². The van der Waals surface area contributed by atoms with Crippen molar-refractivity contribution in [2.75, 3.05) is 5.32 Å². The number of carbonyl (C=O) groups is 1. The van der Waals surface area contributed by atoms with E-state index in [0.29, 0.717) is 16.9 Å². The lowest BCUT2D eigenvalue weighted by atomic mass is 10.1. The van der Waals surface area contributed by atoms with Crippen LogP contribution in [0.1, 0.15) is 10.6 Å². The Labute approximate surface area is 179 Å². The second-order valence-electron chi connectivity index (χ2n) is 6.64. The van der Waals surface area contributed by atoms with Gasteiger partial charge in [0, 0.05) is 15.7 Å². The number of aromatic nitrogens is 3. The van der Waals surface area contributed by atoms with Crippen molar-refractivity contribution in [3.63, 3.8) is 0 Å². The number of amides is 1. The van der Waals surface area contributed by atoms with Crippen molar-refractivity contribution in [1.82, 2.24) is 14.8 Å². The first kappa shape index (κ1) is 19.5. The molecule has 0 aliphatic carbocycles. The van der Waals surface area contributed by atoms with Crippen LogP contribution in [0.5, 0.6) is 0 Å². The first-order valence-corrected chi connectivity index (χ1v) is 10.5. The maximum atomic E-state index is 12.9. The SMILES string of the molecule is Cc1ccc(-c2nn(CC(=O)Nc3ccc(Br)cc3)c(=O)c3nc(C)sc23)cc1. The zero-order chi connectivity index (χ0) is 20.5. The quantitative estimate of drug-likeness (QED) is 0.476. The fourth-order valence-electron chi connectivity index (χ4n) is 2.94. The summed E-state index contributed by atoms with van der Waals surface area (Å²) >= 11 is 4.79. The van der Waals surface area contributed by atoms with E-state index in [4.69, 9.17) is 0 Å². The monoisotopic (exact) mass is 468 g/mol. The van der Waals surface area contributed by atoms with Crippen LogP contribution in [0.3, 0.4) is 0 Å². The normalized spacial score (nSPS) is 11.0. The van der Waals surface area contributed by atoms with Crippen molar-refractivity contribution in [2.24, 2.45) is 0 Å². The molecule has 2 heterocycles. The van der Waals surface area contributed by atoms with E-state index in [1.807, 2.05) is 50.2 Å². The number of rotatable bonds is 4. The number of thiazole rings is 1. The highest BCUT2D eigenvalue weighted by atomic mass is 79.9. The molecule has 6 nitrogen and oxygen atoms in total. The molecule has 1 N–H and O–H groups in total. The third-order valence-corrected chi connectivity index (χ3v) is 5.86. The predicted octanol–water partition coefficient (Wildman–Crippen LogP) is 4.54. The standard InChI is InChI=1S/C21H17BrN4O2S/c1-12-3-5-14(6-4-12)18-20-19(23-13(2)29-20)21(28)26(25-18)11-17(27)24-16-9-7-15(22)8-10-16/h3-10H,11H2,1-2H3,(H,24,27). The summed E-state index contributed by atoms with van der Waals surface area (Å²) in [6.45, 7) is 3.67. The molecule has 0 bridgehead atoms. The largest absolute Gasteiger partial charge is 0.324 e. The van der Waals surface area contributed by atoms with Crippen LogP contribution in [0.4, 0.5) is 5.69 Å². The molecule has 29 heavy (non-hydrogen) atoms. The van der Waals surface area contributed by atoms with Crippen LogP contribution in [0, 0.1) is 13.8 Å². The van der Waals surface area contributed by atoms with Crippen molar-refractivity contribution in [3.8, 4) is 11.3 Å². The molecule has 4 aromatic rings. The zero-order valence-corrected chi connectivity index (χ0v) is 18.2. The number of carbonyl (C=O) groups excluding carboxylic acids is 1. The Bertz CT molecular complexity index is 1260. The minimum absolute atomic E-state index is 0.194. The number of halogens is 1. The molecule has 0 aliphatic rings. The van der Waals surface area contributed by atoms with Gasteiger partial charge in [-0.1, -0.05) is 45.8 Å². The Balaban J connectivity index is 1.73. The van der Waals surface area contributed by atoms with Crippen molar-refractivity contribution < 1.29 is 4.79 Å². The molecule has 0 radical (unpaired) electrons. The smallest absolute Gasteiger partial charge is 0.294 e. The maximum absolute atomic E-state index is 12.9. The Morgan fingerprint density at radius 1 is 1.10 bits per heavy atom. The average Bonchev–Trinajstić information content (AvgIpc) is 3.09. The van der Waals surface area contributed by atoms with Gasteiger partial charge in [0.15, 0.2) is 5.52 Å². The van der Waals surface area contributed by atoms with Gasteiger partial charge in [0.05, 0.1) is 9.71 Å². The summed E-state index contributed by atoms with van der Waals surface area (Å²) in [7, 11) is 0. The highest BCUT2D eigenvalue weighted by Gasteiger charge is 2.18. The van der Waals surface area contributed by atoms with Gasteiger partial charge in [0.1, 0.15) is 12.2 Å². The molecule has 2 aromatic carbocycles. The van der Waals surface area contributed by atoms with Crippen molar-refractivity contribution in [1.29, 1.82) is 0 Å². The van der Waals surface area contributed by atoms with E-state index < -0.39 is 0 Å². The number of aryl methyl sites for hydroxylation is 2. The summed E-state index contributed by atoms with van der Waals surface area (Å²) in [6.07, 6.45) is 0. The van der Waals surface area contributed by atoms with Crippen LogP contribution < -0.4 is 10.9 Å². The number of nitrogens with zero attached hydrogens (tertiary/aromatic N) is 3. The highest BCUT2D eigenvalue weighted by Crippen LogP contribution is 2.29. The van der Waals surface area contributed by atoms with E-state index >= 15 is 0 Å². The van der Waals surface area contributed by atoms with Gasteiger partial charge in [-0.25, -0.2) is 9.67 Å². The zero-order valence-electron chi connectivity index (χ0n) is 15.8. The summed E-state index contributed by atoms with van der Waals surface area (Å²) in [5, 5.41) is 8.08. The van der Waals surface area contributed by atoms with Crippen LogP contribution in [-0.4, -0.2) is 20.7 Å². The number of fused-ring (bicyclic) bond motifs is 1. The first-order valence-electron chi connectivity index (χ1n) is 8.91. The Morgan fingerprint density at radius 3 is 2.48 bits per heavy atom. The molecule has 0 fully saturated rings. The van der Waals surface area contributed by atoms with Gasteiger partial charge in [0.25, 0.3) is 5.56 Å². The van der Waals surface area contributed by atoms with Crippen molar-refractivity contribution >= 4 is 49.1 Å². The fourth-order valence-corrected chi connectivity index (χ4v) is 4.13. The number of hydrogen-bond donors (Lipinski definition) is 1. The van der Waals surface area contributed by atoms with E-state index in [9.17, 15) is 9.59 Å². The number of benzene rings is 2. The second kappa shape index (κ2) is 7.88. The first-order chi connectivity index (χ1) is 13.9. The fraction of sp³-hybridized carbons (Fsp3) is 0.143. The van der Waals surface area contributed by atoms with Gasteiger partial charge in [-0.3, -0.25) is 9.59 Å². The lowest BCUT2D eigenvalue weighted by Gasteiger charge is -2.10. The van der Waals surface area contributed by atoms with Crippen LogP contribution in [0.15, 0.2) is 57.8 Å². The van der Waals surface area contributed by atoms with Crippen LogP contribution in [0.2, 0.25) is 0 Å². The summed E-state index contributed by atoms with van der Waals surface area (Å²) in [4.78, 5) is 29.8. The molecule has 0 atom stereocenters. The summed E-state index contributed by atoms with van der Waals surface area (Å²) < 4.78 is 2.84. The highest BCUT2D eigenvalue weighted by molar-refractivity contribution is 9.10. The predicted molar refractivity (Wildman–Crippen MR) is 119 cm³/mol. The Morgan fingerprint density at radius 2 is 1.79 bits per heavy atom. The van der Waals surface area contributed by atoms with Crippen LogP contribution in [-0.2, 0) is 11.3 Å². The van der Waals surface area contributed by atoms with Gasteiger partial charge >= 0.3 is 0 Å². The van der Waals surface area contributed by atoms with Crippen LogP contribution in [0.25, 0.3) is 21.5 Å². The minimum Gasteiger partial charge on any atom is -0.324 e. The number of hydrogen-bond acceptors (Lipinski definition) is 5. The molecule has 0 unspecified atom stereocenters. The molecule has 0 aliphatic heterocycles. The van der Waals surface area contributed by atoms with E-state index in [2.05, 4.69) is 31.3 Å². The molecular formula is C21H17BrN4O2S. The van der Waals surface area contributed by atoms with Gasteiger partial charge < -0.3 is 5.32 Å². The number of nitrogens with one attached hydrogen (secondary N) is 1. The lowest BCUT2D eigenvalue weighted by Crippen LogP contribution is -2.30. The maximum Gasteiger partial charge on any atom is 0.294 e. The molecule has 1 amide bonds. The second-order valence-corrected chi connectivity index (χ2v) is 8.76. The molecule has 0 spiro atoms. The van der Waals surface area contributed by atoms with Crippen molar-refractivity contribution in [3.05, 3.63) is 73.9 Å². The molecule has 0 saturated heterocycles. The molecule has 4 rings (SSSR count). The minimum atomic E-state index is -0.369. The molecular weight excluding hydrogens is 452 g/mol. The number of anilines is 1. The van der Waals surface area contributed by atoms with Crippen LogP contribution >= 0.6 is 27.3 Å². The van der Waals surface area contributed by atoms with E-state index in [1.54, 1.807) is 12.1 Å². The molecule has 0 saturated carbocycles. The van der Waals surface area contributed by atoms with E-state index in [0.717, 1.165) is 25.3 Å². The van der Waals surface area contributed by atoms with Gasteiger partial charge in [-0.15, -0.1) is 11.3 Å². The summed E-state index contributed by atoms with van der Waals surface area (Å²) in [6, 6.07) is 15.1.